The minimum atomic E-state index is -0.136. The van der Waals surface area contributed by atoms with E-state index in [1.54, 1.807) is 11.3 Å². The zero-order chi connectivity index (χ0) is 20.0. The fourth-order valence-corrected chi connectivity index (χ4v) is 5.33. The first-order valence-corrected chi connectivity index (χ1v) is 10.7. The summed E-state index contributed by atoms with van der Waals surface area (Å²) in [6, 6.07) is 14.9. The Morgan fingerprint density at radius 3 is 2.48 bits per heavy atom. The molecule has 0 spiro atoms. The highest BCUT2D eigenvalue weighted by Crippen LogP contribution is 2.32. The van der Waals surface area contributed by atoms with Crippen molar-refractivity contribution >= 4 is 44.2 Å². The van der Waals surface area contributed by atoms with Crippen LogP contribution in [0.3, 0.4) is 0 Å². The van der Waals surface area contributed by atoms with Crippen LogP contribution in [0.15, 0.2) is 53.3 Å². The maximum Gasteiger partial charge on any atom is 0.246 e. The first kappa shape index (κ1) is 18.1. The van der Waals surface area contributed by atoms with E-state index >= 15 is 0 Å². The van der Waals surface area contributed by atoms with Gasteiger partial charge < -0.3 is 9.88 Å². The predicted molar refractivity (Wildman–Crippen MR) is 118 cm³/mol. The number of aromatic nitrogens is 2. The van der Waals surface area contributed by atoms with Gasteiger partial charge in [0.2, 0.25) is 5.91 Å². The zero-order valence-corrected chi connectivity index (χ0v) is 17.0. The maximum atomic E-state index is 12.9. The number of nitrogens with zero attached hydrogens (tertiary/aromatic N) is 2. The van der Waals surface area contributed by atoms with Crippen LogP contribution < -0.4 is 10.7 Å². The molecule has 0 saturated carbocycles. The number of thiazole rings is 1. The summed E-state index contributed by atoms with van der Waals surface area (Å²) < 4.78 is 1.91. The molecule has 1 atom stereocenters. The van der Waals surface area contributed by atoms with Crippen molar-refractivity contribution in [2.24, 2.45) is 5.92 Å². The van der Waals surface area contributed by atoms with Crippen molar-refractivity contribution in [2.45, 2.75) is 32.7 Å². The van der Waals surface area contributed by atoms with Gasteiger partial charge in [-0.2, -0.15) is 0 Å². The summed E-state index contributed by atoms with van der Waals surface area (Å²) in [4.78, 5) is 31.6. The van der Waals surface area contributed by atoms with Crippen LogP contribution in [0.4, 0.5) is 5.13 Å². The SMILES string of the molecule is CC1CCc2nc(NC(=O)Cn3c4ccccc4c(=O)c4ccccc43)sc2C1. The molecular formula is C23H21N3O2S. The van der Waals surface area contributed by atoms with Gasteiger partial charge in [-0.15, -0.1) is 11.3 Å². The lowest BCUT2D eigenvalue weighted by Gasteiger charge is -2.15. The number of carbonyl (C=O) groups is 1. The van der Waals surface area contributed by atoms with Crippen LogP contribution in [0.5, 0.6) is 0 Å². The fourth-order valence-electron chi connectivity index (χ4n) is 4.14. The van der Waals surface area contributed by atoms with E-state index in [0.29, 0.717) is 21.8 Å². The summed E-state index contributed by atoms with van der Waals surface area (Å²) in [6.07, 6.45) is 3.18. The number of hydrogen-bond acceptors (Lipinski definition) is 4. The van der Waals surface area contributed by atoms with E-state index < -0.39 is 0 Å². The number of benzene rings is 2. The topological polar surface area (TPSA) is 64.0 Å². The summed E-state index contributed by atoms with van der Waals surface area (Å²) in [5.74, 6) is 0.536. The predicted octanol–water partition coefficient (Wildman–Crippen LogP) is 4.37. The van der Waals surface area contributed by atoms with E-state index in [1.165, 1.54) is 4.88 Å². The van der Waals surface area contributed by atoms with E-state index in [1.807, 2.05) is 53.1 Å². The Hall–Kier alpha value is -2.99. The van der Waals surface area contributed by atoms with E-state index in [-0.39, 0.29) is 17.9 Å². The van der Waals surface area contributed by atoms with Crippen LogP contribution >= 0.6 is 11.3 Å². The highest BCUT2D eigenvalue weighted by Gasteiger charge is 2.21. The largest absolute Gasteiger partial charge is 0.331 e. The number of fused-ring (bicyclic) bond motifs is 3. The normalized spacial score (nSPS) is 16.1. The Morgan fingerprint density at radius 2 is 1.79 bits per heavy atom. The molecule has 1 unspecified atom stereocenters. The van der Waals surface area contributed by atoms with Crippen LogP contribution in [-0.4, -0.2) is 15.5 Å². The van der Waals surface area contributed by atoms with E-state index in [0.717, 1.165) is 36.0 Å². The Kier molecular flexibility index (Phi) is 4.43. The molecule has 1 amide bonds. The second kappa shape index (κ2) is 7.12. The van der Waals surface area contributed by atoms with Crippen LogP contribution in [0, 0.1) is 5.92 Å². The number of para-hydroxylation sites is 2. The molecule has 5 rings (SSSR count). The molecule has 1 aliphatic carbocycles. The molecule has 2 heterocycles. The minimum absolute atomic E-state index is 0.00502. The van der Waals surface area contributed by atoms with Gasteiger partial charge in [0, 0.05) is 15.6 Å². The van der Waals surface area contributed by atoms with Gasteiger partial charge in [-0.05, 0) is 49.4 Å². The number of hydrogen-bond donors (Lipinski definition) is 1. The van der Waals surface area contributed by atoms with Crippen LogP contribution in [-0.2, 0) is 24.2 Å². The third-order valence-corrected chi connectivity index (χ3v) is 6.65. The Balaban J connectivity index is 1.51. The molecule has 146 valence electrons. The summed E-state index contributed by atoms with van der Waals surface area (Å²) in [6.45, 7) is 2.38. The van der Waals surface area contributed by atoms with Crippen molar-refractivity contribution in [1.82, 2.24) is 9.55 Å². The number of aryl methyl sites for hydroxylation is 1. The van der Waals surface area contributed by atoms with Gasteiger partial charge in [0.25, 0.3) is 0 Å². The van der Waals surface area contributed by atoms with Crippen molar-refractivity contribution in [3.05, 3.63) is 69.3 Å². The van der Waals surface area contributed by atoms with Crippen molar-refractivity contribution in [3.8, 4) is 0 Å². The summed E-state index contributed by atoms with van der Waals surface area (Å²) in [5, 5.41) is 4.89. The van der Waals surface area contributed by atoms with Gasteiger partial charge >= 0.3 is 0 Å². The molecule has 0 aliphatic heterocycles. The van der Waals surface area contributed by atoms with Gasteiger partial charge in [-0.25, -0.2) is 4.98 Å². The van der Waals surface area contributed by atoms with Crippen molar-refractivity contribution in [3.63, 3.8) is 0 Å². The van der Waals surface area contributed by atoms with E-state index in [4.69, 9.17) is 0 Å². The zero-order valence-electron chi connectivity index (χ0n) is 16.1. The number of anilines is 1. The number of rotatable bonds is 3. The molecule has 5 nitrogen and oxygen atoms in total. The Labute approximate surface area is 172 Å². The average Bonchev–Trinajstić information content (AvgIpc) is 3.12. The van der Waals surface area contributed by atoms with Crippen molar-refractivity contribution in [2.75, 3.05) is 5.32 Å². The molecule has 2 aromatic carbocycles. The van der Waals surface area contributed by atoms with Gasteiger partial charge in [0.05, 0.1) is 16.7 Å². The molecule has 0 radical (unpaired) electrons. The van der Waals surface area contributed by atoms with Crippen LogP contribution in [0.1, 0.15) is 23.9 Å². The molecule has 29 heavy (non-hydrogen) atoms. The van der Waals surface area contributed by atoms with Crippen molar-refractivity contribution < 1.29 is 4.79 Å². The molecule has 0 saturated heterocycles. The quantitative estimate of drug-likeness (QED) is 0.517. The van der Waals surface area contributed by atoms with Gasteiger partial charge in [0.15, 0.2) is 10.6 Å². The maximum absolute atomic E-state index is 12.9. The van der Waals surface area contributed by atoms with Gasteiger partial charge in [0.1, 0.15) is 6.54 Å². The van der Waals surface area contributed by atoms with E-state index in [2.05, 4.69) is 17.2 Å². The Bertz CT molecular complexity index is 1240. The number of pyridine rings is 1. The smallest absolute Gasteiger partial charge is 0.246 e. The number of carbonyl (C=O) groups excluding carboxylic acids is 1. The molecule has 0 fully saturated rings. The third kappa shape index (κ3) is 3.23. The molecule has 6 heteroatoms. The monoisotopic (exact) mass is 403 g/mol. The first-order valence-electron chi connectivity index (χ1n) is 9.89. The Morgan fingerprint density at radius 1 is 1.14 bits per heavy atom. The molecule has 0 bridgehead atoms. The van der Waals surface area contributed by atoms with Gasteiger partial charge in [-0.3, -0.25) is 9.59 Å². The fraction of sp³-hybridized carbons (Fsp3) is 0.261. The number of nitrogens with one attached hydrogen (secondary N) is 1. The molecule has 4 aromatic rings. The lowest BCUT2D eigenvalue weighted by atomic mass is 9.93. The molecule has 1 aliphatic rings. The second-order valence-corrected chi connectivity index (χ2v) is 8.82. The lowest BCUT2D eigenvalue weighted by Crippen LogP contribution is -2.21. The standard InChI is InChI=1S/C23H21N3O2S/c1-14-10-11-17-20(12-14)29-23(24-17)25-21(27)13-26-18-8-4-2-6-15(18)22(28)16-7-3-5-9-19(16)26/h2-9,14H,10-13H2,1H3,(H,24,25,27). The lowest BCUT2D eigenvalue weighted by molar-refractivity contribution is -0.116. The van der Waals surface area contributed by atoms with E-state index in [9.17, 15) is 9.59 Å². The van der Waals surface area contributed by atoms with Crippen LogP contribution in [0.25, 0.3) is 21.8 Å². The summed E-state index contributed by atoms with van der Waals surface area (Å²) in [5.41, 5.74) is 2.65. The molecule has 1 N–H and O–H groups in total. The third-order valence-electron chi connectivity index (χ3n) is 5.61. The van der Waals surface area contributed by atoms with Crippen molar-refractivity contribution in [1.29, 1.82) is 0 Å². The number of amides is 1. The summed E-state index contributed by atoms with van der Waals surface area (Å²) in [7, 11) is 0. The summed E-state index contributed by atoms with van der Waals surface area (Å²) >= 11 is 1.59. The first-order chi connectivity index (χ1) is 14.1. The highest BCUT2D eigenvalue weighted by molar-refractivity contribution is 7.15. The van der Waals surface area contributed by atoms with Crippen LogP contribution in [0.2, 0.25) is 0 Å². The minimum Gasteiger partial charge on any atom is -0.331 e. The second-order valence-electron chi connectivity index (χ2n) is 7.73. The highest BCUT2D eigenvalue weighted by atomic mass is 32.1. The molecular weight excluding hydrogens is 382 g/mol. The molecule has 2 aromatic heterocycles. The van der Waals surface area contributed by atoms with Gasteiger partial charge in [-0.1, -0.05) is 31.2 Å². The average molecular weight is 404 g/mol.